The first-order chi connectivity index (χ1) is 12.7. The Morgan fingerprint density at radius 1 is 0.923 bits per heavy atom. The van der Waals surface area contributed by atoms with E-state index in [1.165, 1.54) is 19.3 Å². The van der Waals surface area contributed by atoms with E-state index in [4.69, 9.17) is 16.0 Å². The van der Waals surface area contributed by atoms with Crippen LogP contribution >= 0.6 is 11.6 Å². The highest BCUT2D eigenvalue weighted by atomic mass is 35.5. The van der Waals surface area contributed by atoms with Crippen molar-refractivity contribution < 1.29 is 4.42 Å². The van der Waals surface area contributed by atoms with E-state index in [0.29, 0.717) is 22.3 Å². The van der Waals surface area contributed by atoms with Crippen LogP contribution < -0.4 is 16.3 Å². The van der Waals surface area contributed by atoms with Gasteiger partial charge in [0.15, 0.2) is 0 Å². The minimum Gasteiger partial charge on any atom is -0.404 e. The lowest BCUT2D eigenvalue weighted by Crippen LogP contribution is -2.23. The van der Waals surface area contributed by atoms with Crippen LogP contribution in [0.4, 0.5) is 17.3 Å². The topological polar surface area (TPSA) is 54.3 Å². The molecule has 1 heterocycles. The molecule has 2 aromatic carbocycles. The smallest absolute Gasteiger partial charge is 0.345 e. The van der Waals surface area contributed by atoms with Gasteiger partial charge in [-0.1, -0.05) is 49.1 Å². The predicted octanol–water partition coefficient (Wildman–Crippen LogP) is 5.93. The highest BCUT2D eigenvalue weighted by molar-refractivity contribution is 6.30. The van der Waals surface area contributed by atoms with Crippen molar-refractivity contribution in [1.29, 1.82) is 0 Å². The molecular weight excluding hydrogens is 348 g/mol. The molecule has 0 unspecified atom stereocenters. The summed E-state index contributed by atoms with van der Waals surface area (Å²) in [4.78, 5) is 12.4. The minimum absolute atomic E-state index is 0.319. The molecular formula is C21H21ClN2O2. The summed E-state index contributed by atoms with van der Waals surface area (Å²) in [5, 5.41) is 8.96. The Balaban J connectivity index is 1.78. The number of hydrogen-bond acceptors (Lipinski definition) is 4. The molecule has 1 aliphatic carbocycles. The second-order valence-electron chi connectivity index (χ2n) is 6.75. The largest absolute Gasteiger partial charge is 0.404 e. The molecule has 1 aliphatic rings. The summed E-state index contributed by atoms with van der Waals surface area (Å²) < 4.78 is 5.67. The van der Waals surface area contributed by atoms with Gasteiger partial charge in [-0.15, -0.1) is 0 Å². The van der Waals surface area contributed by atoms with Gasteiger partial charge in [0.1, 0.15) is 5.69 Å². The monoisotopic (exact) mass is 368 g/mol. The van der Waals surface area contributed by atoms with Gasteiger partial charge in [-0.05, 0) is 43.2 Å². The van der Waals surface area contributed by atoms with Crippen LogP contribution in [0, 0.1) is 0 Å². The summed E-state index contributed by atoms with van der Waals surface area (Å²) in [7, 11) is 0. The highest BCUT2D eigenvalue weighted by Gasteiger charge is 2.19. The van der Waals surface area contributed by atoms with E-state index in [0.717, 1.165) is 29.6 Å². The van der Waals surface area contributed by atoms with Gasteiger partial charge in [0.05, 0.1) is 5.39 Å². The molecule has 0 amide bonds. The van der Waals surface area contributed by atoms with Crippen molar-refractivity contribution in [3.05, 3.63) is 64.0 Å². The van der Waals surface area contributed by atoms with Crippen LogP contribution in [0.25, 0.3) is 10.8 Å². The molecule has 3 aromatic rings. The zero-order valence-electron chi connectivity index (χ0n) is 14.4. The molecule has 0 saturated heterocycles. The Morgan fingerprint density at radius 3 is 2.35 bits per heavy atom. The number of rotatable bonds is 4. The molecule has 0 bridgehead atoms. The van der Waals surface area contributed by atoms with E-state index in [2.05, 4.69) is 10.6 Å². The van der Waals surface area contributed by atoms with Crippen molar-refractivity contribution in [1.82, 2.24) is 0 Å². The standard InChI is InChI=1S/C21H21ClN2O2/c22-14-10-12-16(13-11-14)23-19-17-8-4-5-9-18(17)21(25)26-20(19)24-15-6-2-1-3-7-15/h4-5,8-13,15,23-24H,1-3,6-7H2. The van der Waals surface area contributed by atoms with Crippen molar-refractivity contribution in [2.24, 2.45) is 0 Å². The number of halogens is 1. The zero-order chi connectivity index (χ0) is 17.9. The zero-order valence-corrected chi connectivity index (χ0v) is 15.2. The van der Waals surface area contributed by atoms with Gasteiger partial charge in [0.25, 0.3) is 0 Å². The molecule has 0 spiro atoms. The summed E-state index contributed by atoms with van der Waals surface area (Å²) in [6.45, 7) is 0. The van der Waals surface area contributed by atoms with Gasteiger partial charge < -0.3 is 15.1 Å². The Bertz CT molecular complexity index is 960. The van der Waals surface area contributed by atoms with E-state index in [1.807, 2.05) is 42.5 Å². The Morgan fingerprint density at radius 2 is 1.62 bits per heavy atom. The fourth-order valence-electron chi connectivity index (χ4n) is 3.54. The molecule has 4 rings (SSSR count). The number of nitrogens with one attached hydrogen (secondary N) is 2. The van der Waals surface area contributed by atoms with Gasteiger partial charge in [-0.3, -0.25) is 0 Å². The van der Waals surface area contributed by atoms with Gasteiger partial charge >= 0.3 is 5.63 Å². The quantitative estimate of drug-likeness (QED) is 0.598. The molecule has 26 heavy (non-hydrogen) atoms. The molecule has 0 aliphatic heterocycles. The normalized spacial score (nSPS) is 15.1. The first kappa shape index (κ1) is 17.0. The fraction of sp³-hybridized carbons (Fsp3) is 0.286. The summed E-state index contributed by atoms with van der Waals surface area (Å²) >= 11 is 5.99. The van der Waals surface area contributed by atoms with Crippen LogP contribution in [0.1, 0.15) is 32.1 Å². The molecule has 2 N–H and O–H groups in total. The molecule has 4 nitrogen and oxygen atoms in total. The molecule has 1 saturated carbocycles. The number of benzene rings is 2. The van der Waals surface area contributed by atoms with Gasteiger partial charge in [0.2, 0.25) is 5.88 Å². The van der Waals surface area contributed by atoms with E-state index in [1.54, 1.807) is 6.07 Å². The maximum Gasteiger partial charge on any atom is 0.345 e. The van der Waals surface area contributed by atoms with Crippen molar-refractivity contribution in [3.8, 4) is 0 Å². The van der Waals surface area contributed by atoms with Crippen molar-refractivity contribution >= 4 is 39.6 Å². The van der Waals surface area contributed by atoms with Crippen LogP contribution in [0.2, 0.25) is 5.02 Å². The van der Waals surface area contributed by atoms with Crippen LogP contribution in [0.5, 0.6) is 0 Å². The van der Waals surface area contributed by atoms with Crippen LogP contribution in [0.15, 0.2) is 57.7 Å². The summed E-state index contributed by atoms with van der Waals surface area (Å²) in [6.07, 6.45) is 5.87. The lowest BCUT2D eigenvalue weighted by atomic mass is 9.95. The molecule has 134 valence electrons. The predicted molar refractivity (Wildman–Crippen MR) is 108 cm³/mol. The fourth-order valence-corrected chi connectivity index (χ4v) is 3.66. The number of anilines is 3. The Kier molecular flexibility index (Phi) is 4.85. The second kappa shape index (κ2) is 7.42. The van der Waals surface area contributed by atoms with E-state index < -0.39 is 0 Å². The van der Waals surface area contributed by atoms with Crippen LogP contribution in [0.3, 0.4) is 0 Å². The highest BCUT2D eigenvalue weighted by Crippen LogP contribution is 2.34. The molecule has 5 heteroatoms. The lowest BCUT2D eigenvalue weighted by molar-refractivity contribution is 0.445. The summed E-state index contributed by atoms with van der Waals surface area (Å²) in [6, 6.07) is 15.3. The summed E-state index contributed by atoms with van der Waals surface area (Å²) in [5.41, 5.74) is 1.36. The van der Waals surface area contributed by atoms with Gasteiger partial charge in [-0.2, -0.15) is 0 Å². The summed E-state index contributed by atoms with van der Waals surface area (Å²) in [5.74, 6) is 0.510. The van der Waals surface area contributed by atoms with Crippen molar-refractivity contribution in [3.63, 3.8) is 0 Å². The molecule has 0 atom stereocenters. The van der Waals surface area contributed by atoms with E-state index in [-0.39, 0.29) is 5.63 Å². The van der Waals surface area contributed by atoms with Crippen molar-refractivity contribution in [2.45, 2.75) is 38.1 Å². The minimum atomic E-state index is -0.319. The number of fused-ring (bicyclic) bond motifs is 1. The third kappa shape index (κ3) is 3.56. The average molecular weight is 369 g/mol. The van der Waals surface area contributed by atoms with Crippen LogP contribution in [-0.2, 0) is 0 Å². The van der Waals surface area contributed by atoms with Gasteiger partial charge in [0, 0.05) is 22.1 Å². The maximum atomic E-state index is 12.4. The Hall–Kier alpha value is -2.46. The first-order valence-electron chi connectivity index (χ1n) is 9.06. The molecule has 1 aromatic heterocycles. The Labute approximate surface area is 157 Å². The third-order valence-electron chi connectivity index (χ3n) is 4.89. The first-order valence-corrected chi connectivity index (χ1v) is 9.43. The maximum absolute atomic E-state index is 12.4. The van der Waals surface area contributed by atoms with Gasteiger partial charge in [-0.25, -0.2) is 4.79 Å². The molecule has 0 radical (unpaired) electrons. The van der Waals surface area contributed by atoms with Crippen molar-refractivity contribution in [2.75, 3.05) is 10.6 Å². The third-order valence-corrected chi connectivity index (χ3v) is 5.14. The molecule has 1 fully saturated rings. The van der Waals surface area contributed by atoms with E-state index >= 15 is 0 Å². The average Bonchev–Trinajstić information content (AvgIpc) is 2.67. The van der Waals surface area contributed by atoms with E-state index in [9.17, 15) is 4.79 Å². The lowest BCUT2D eigenvalue weighted by Gasteiger charge is -2.24. The van der Waals surface area contributed by atoms with Crippen LogP contribution in [-0.4, -0.2) is 6.04 Å². The number of hydrogen-bond donors (Lipinski definition) is 2. The SMILES string of the molecule is O=c1oc(NC2CCCCC2)c(Nc2ccc(Cl)cc2)c2ccccc12. The second-order valence-corrected chi connectivity index (χ2v) is 7.19.